The molecule has 1 atom stereocenters. The van der Waals surface area contributed by atoms with Crippen molar-refractivity contribution in [2.75, 3.05) is 17.4 Å². The minimum Gasteiger partial charge on any atom is -0.354 e. The molecule has 0 saturated carbocycles. The largest absolute Gasteiger partial charge is 0.354 e. The molecule has 0 saturated heterocycles. The average molecular weight is 711 g/mol. The summed E-state index contributed by atoms with van der Waals surface area (Å²) in [5, 5.41) is 3.37. The lowest BCUT2D eigenvalue weighted by Gasteiger charge is -2.34. The molecule has 0 radical (unpaired) electrons. The van der Waals surface area contributed by atoms with Crippen LogP contribution in [0.3, 0.4) is 0 Å². The quantitative estimate of drug-likeness (QED) is 0.162. The first-order chi connectivity index (χ1) is 21.5. The number of rotatable bonds is 13. The van der Waals surface area contributed by atoms with E-state index in [4.69, 9.17) is 11.6 Å². The summed E-state index contributed by atoms with van der Waals surface area (Å²) in [6.07, 6.45) is 0.242. The van der Waals surface area contributed by atoms with Gasteiger partial charge in [0.2, 0.25) is 11.8 Å². The Balaban J connectivity index is 1.82. The first-order valence-electron chi connectivity index (χ1n) is 14.7. The number of hydrogen-bond acceptors (Lipinski definition) is 4. The third-order valence-corrected chi connectivity index (χ3v) is 9.99. The first kappa shape index (κ1) is 34.2. The van der Waals surface area contributed by atoms with Gasteiger partial charge in [0.15, 0.2) is 0 Å². The summed E-state index contributed by atoms with van der Waals surface area (Å²) in [5.74, 6) is -0.653. The predicted octanol–water partition coefficient (Wildman–Crippen LogP) is 7.02. The summed E-state index contributed by atoms with van der Waals surface area (Å²) in [5.41, 5.74) is 2.45. The highest BCUT2D eigenvalue weighted by molar-refractivity contribution is 9.10. The Morgan fingerprint density at radius 1 is 0.867 bits per heavy atom. The maximum Gasteiger partial charge on any atom is 0.264 e. The van der Waals surface area contributed by atoms with E-state index in [0.717, 1.165) is 19.9 Å². The van der Waals surface area contributed by atoms with Crippen LogP contribution in [0.15, 0.2) is 112 Å². The topological polar surface area (TPSA) is 86.8 Å². The van der Waals surface area contributed by atoms with Gasteiger partial charge in [-0.1, -0.05) is 108 Å². The predicted molar refractivity (Wildman–Crippen MR) is 184 cm³/mol. The molecule has 4 aromatic rings. The fourth-order valence-corrected chi connectivity index (χ4v) is 7.02. The molecule has 45 heavy (non-hydrogen) atoms. The van der Waals surface area contributed by atoms with Crippen LogP contribution in [0.1, 0.15) is 30.5 Å². The number of carbonyl (C=O) groups is 2. The fourth-order valence-electron chi connectivity index (χ4n) is 4.91. The summed E-state index contributed by atoms with van der Waals surface area (Å²) in [7, 11) is -4.21. The number of benzene rings is 4. The lowest BCUT2D eigenvalue weighted by Crippen LogP contribution is -2.53. The third-order valence-electron chi connectivity index (χ3n) is 7.32. The Kier molecular flexibility index (Phi) is 11.8. The summed E-state index contributed by atoms with van der Waals surface area (Å²) in [6, 6.07) is 29.0. The van der Waals surface area contributed by atoms with Crippen LogP contribution in [-0.4, -0.2) is 44.3 Å². The smallest absolute Gasteiger partial charge is 0.264 e. The Morgan fingerprint density at radius 2 is 1.49 bits per heavy atom. The number of halogens is 2. The molecule has 7 nitrogen and oxygen atoms in total. The number of amides is 2. The van der Waals surface area contributed by atoms with Gasteiger partial charge in [-0.05, 0) is 65.9 Å². The number of carbonyl (C=O) groups excluding carboxylic acids is 2. The van der Waals surface area contributed by atoms with Crippen molar-refractivity contribution < 1.29 is 18.0 Å². The van der Waals surface area contributed by atoms with E-state index in [1.54, 1.807) is 43.3 Å². The van der Waals surface area contributed by atoms with E-state index in [2.05, 4.69) is 21.2 Å². The second-order valence-electron chi connectivity index (χ2n) is 11.2. The molecule has 2 amide bonds. The fraction of sp³-hybridized carbons (Fsp3) is 0.257. The standard InChI is InChI=1S/C35H37BrClN3O4S/c1-25(2)22-38-35(42)33(21-27-12-6-4-7-13-27)39(23-28-14-10-15-29(36)20-28)34(41)24-40(32-19-11-18-31(37)26(32)3)45(43,44)30-16-8-5-9-17-30/h4-20,25,33H,21-24H2,1-3H3,(H,38,42)/t33-/m1/s1. The van der Waals surface area contributed by atoms with Crippen LogP contribution in [0, 0.1) is 12.8 Å². The lowest BCUT2D eigenvalue weighted by atomic mass is 10.0. The van der Waals surface area contributed by atoms with Gasteiger partial charge in [0.25, 0.3) is 10.0 Å². The van der Waals surface area contributed by atoms with E-state index in [0.29, 0.717) is 17.1 Å². The molecular weight excluding hydrogens is 674 g/mol. The summed E-state index contributed by atoms with van der Waals surface area (Å²) < 4.78 is 30.2. The van der Waals surface area contributed by atoms with E-state index in [9.17, 15) is 18.0 Å². The average Bonchev–Trinajstić information content (AvgIpc) is 3.02. The van der Waals surface area contributed by atoms with E-state index in [1.807, 2.05) is 68.4 Å². The lowest BCUT2D eigenvalue weighted by molar-refractivity contribution is -0.140. The number of nitrogens with one attached hydrogen (secondary N) is 1. The first-order valence-corrected chi connectivity index (χ1v) is 17.3. The van der Waals surface area contributed by atoms with E-state index in [-0.39, 0.29) is 35.4 Å². The van der Waals surface area contributed by atoms with Crippen LogP contribution in [0.25, 0.3) is 0 Å². The van der Waals surface area contributed by atoms with Crippen molar-refractivity contribution in [3.63, 3.8) is 0 Å². The minimum absolute atomic E-state index is 0.0335. The Labute approximate surface area is 279 Å². The zero-order valence-electron chi connectivity index (χ0n) is 25.5. The van der Waals surface area contributed by atoms with Crippen LogP contribution < -0.4 is 9.62 Å². The van der Waals surface area contributed by atoms with Gasteiger partial charge in [0.05, 0.1) is 10.6 Å². The molecule has 0 aromatic heterocycles. The zero-order valence-corrected chi connectivity index (χ0v) is 28.6. The highest BCUT2D eigenvalue weighted by Crippen LogP contribution is 2.31. The van der Waals surface area contributed by atoms with E-state index < -0.39 is 28.5 Å². The highest BCUT2D eigenvalue weighted by Gasteiger charge is 2.35. The molecule has 0 heterocycles. The normalized spacial score (nSPS) is 12.0. The molecule has 0 bridgehead atoms. The van der Waals surface area contributed by atoms with Crippen molar-refractivity contribution in [1.82, 2.24) is 10.2 Å². The van der Waals surface area contributed by atoms with Crippen molar-refractivity contribution >= 4 is 55.1 Å². The van der Waals surface area contributed by atoms with Crippen molar-refractivity contribution in [1.29, 1.82) is 0 Å². The monoisotopic (exact) mass is 709 g/mol. The molecule has 0 fully saturated rings. The molecule has 10 heteroatoms. The number of hydrogen-bond donors (Lipinski definition) is 1. The summed E-state index contributed by atoms with van der Waals surface area (Å²) in [6.45, 7) is 5.67. The molecule has 0 aliphatic heterocycles. The van der Waals surface area contributed by atoms with Crippen LogP contribution in [0.4, 0.5) is 5.69 Å². The van der Waals surface area contributed by atoms with Gasteiger partial charge in [-0.25, -0.2) is 8.42 Å². The second kappa shape index (κ2) is 15.6. The molecule has 0 spiro atoms. The molecule has 1 N–H and O–H groups in total. The Bertz CT molecular complexity index is 1720. The molecular formula is C35H37BrClN3O4S. The molecule has 0 unspecified atom stereocenters. The van der Waals surface area contributed by atoms with Crippen LogP contribution in [0.5, 0.6) is 0 Å². The maximum absolute atomic E-state index is 14.6. The molecule has 4 aromatic carbocycles. The second-order valence-corrected chi connectivity index (χ2v) is 14.4. The summed E-state index contributed by atoms with van der Waals surface area (Å²) in [4.78, 5) is 29.9. The van der Waals surface area contributed by atoms with Crippen LogP contribution in [0.2, 0.25) is 5.02 Å². The van der Waals surface area contributed by atoms with Crippen molar-refractivity contribution in [2.24, 2.45) is 5.92 Å². The van der Waals surface area contributed by atoms with Gasteiger partial charge < -0.3 is 10.2 Å². The van der Waals surface area contributed by atoms with Gasteiger partial charge in [-0.2, -0.15) is 0 Å². The maximum atomic E-state index is 14.6. The Morgan fingerprint density at radius 3 is 2.13 bits per heavy atom. The molecule has 0 aliphatic rings. The van der Waals surface area contributed by atoms with E-state index in [1.165, 1.54) is 17.0 Å². The van der Waals surface area contributed by atoms with Gasteiger partial charge in [0.1, 0.15) is 12.6 Å². The minimum atomic E-state index is -4.21. The SMILES string of the molecule is Cc1c(Cl)cccc1N(CC(=O)N(Cc1cccc(Br)c1)[C@H](Cc1ccccc1)C(=O)NCC(C)C)S(=O)(=O)c1ccccc1. The highest BCUT2D eigenvalue weighted by atomic mass is 79.9. The van der Waals surface area contributed by atoms with Crippen molar-refractivity contribution in [3.05, 3.63) is 129 Å². The molecule has 0 aliphatic carbocycles. The van der Waals surface area contributed by atoms with Gasteiger partial charge in [-0.3, -0.25) is 13.9 Å². The number of nitrogens with zero attached hydrogens (tertiary/aromatic N) is 2. The third kappa shape index (κ3) is 8.96. The number of anilines is 1. The summed E-state index contributed by atoms with van der Waals surface area (Å²) >= 11 is 9.95. The van der Waals surface area contributed by atoms with E-state index >= 15 is 0 Å². The van der Waals surface area contributed by atoms with Gasteiger partial charge in [0, 0.05) is 29.0 Å². The molecule has 4 rings (SSSR count). The number of sulfonamides is 1. The van der Waals surface area contributed by atoms with Crippen molar-refractivity contribution in [2.45, 2.75) is 44.7 Å². The van der Waals surface area contributed by atoms with Gasteiger partial charge >= 0.3 is 0 Å². The van der Waals surface area contributed by atoms with Gasteiger partial charge in [-0.15, -0.1) is 0 Å². The van der Waals surface area contributed by atoms with Crippen LogP contribution in [-0.2, 0) is 32.6 Å². The van der Waals surface area contributed by atoms with Crippen LogP contribution >= 0.6 is 27.5 Å². The van der Waals surface area contributed by atoms with Crippen molar-refractivity contribution in [3.8, 4) is 0 Å². The zero-order chi connectivity index (χ0) is 32.6. The Hall–Kier alpha value is -3.66. The molecule has 236 valence electrons.